The van der Waals surface area contributed by atoms with Gasteiger partial charge in [0.15, 0.2) is 0 Å². The molecule has 0 bridgehead atoms. The molecule has 0 unspecified atom stereocenters. The van der Waals surface area contributed by atoms with Gasteiger partial charge < -0.3 is 5.73 Å². The van der Waals surface area contributed by atoms with E-state index in [-0.39, 0.29) is 0 Å². The molecule has 1 fully saturated rings. The highest BCUT2D eigenvalue weighted by Gasteiger charge is 2.17. The highest BCUT2D eigenvalue weighted by Crippen LogP contribution is 2.08. The molecule has 0 aliphatic carbocycles. The molecule has 1 aliphatic rings. The van der Waals surface area contributed by atoms with Crippen LogP contribution in [0.5, 0.6) is 0 Å². The summed E-state index contributed by atoms with van der Waals surface area (Å²) < 4.78 is 0. The van der Waals surface area contributed by atoms with E-state index in [9.17, 15) is 0 Å². The summed E-state index contributed by atoms with van der Waals surface area (Å²) >= 11 is 0. The number of piperazine rings is 1. The highest BCUT2D eigenvalue weighted by molar-refractivity contribution is 5.14. The first-order chi connectivity index (χ1) is 8.78. The first kappa shape index (κ1) is 13.5. The monoisotopic (exact) mass is 247 g/mol. The Labute approximate surface area is 111 Å². The molecule has 0 spiro atoms. The lowest BCUT2D eigenvalue weighted by Crippen LogP contribution is -2.49. The molecule has 0 aromatic heterocycles. The van der Waals surface area contributed by atoms with E-state index in [0.717, 1.165) is 45.7 Å². The fourth-order valence-electron chi connectivity index (χ4n) is 2.43. The van der Waals surface area contributed by atoms with Crippen LogP contribution in [0.1, 0.15) is 18.9 Å². The molecule has 100 valence electrons. The normalized spacial score (nSPS) is 19.9. The topological polar surface area (TPSA) is 32.5 Å². The molecule has 1 aliphatic heterocycles. The van der Waals surface area contributed by atoms with Gasteiger partial charge in [0.2, 0.25) is 0 Å². The minimum absolute atomic E-state index is 0.339. The van der Waals surface area contributed by atoms with Crippen LogP contribution >= 0.6 is 0 Å². The van der Waals surface area contributed by atoms with Crippen molar-refractivity contribution in [2.45, 2.75) is 25.9 Å². The van der Waals surface area contributed by atoms with Gasteiger partial charge >= 0.3 is 0 Å². The van der Waals surface area contributed by atoms with E-state index in [1.807, 2.05) is 0 Å². The summed E-state index contributed by atoms with van der Waals surface area (Å²) in [5.41, 5.74) is 7.42. The van der Waals surface area contributed by atoms with Crippen LogP contribution in [0.2, 0.25) is 0 Å². The Morgan fingerprint density at radius 1 is 1.06 bits per heavy atom. The quantitative estimate of drug-likeness (QED) is 0.856. The van der Waals surface area contributed by atoms with Crippen LogP contribution in [0, 0.1) is 0 Å². The SMILES string of the molecule is CC[C@@H](N)CN1CCN(Cc2ccccc2)CC1. The molecule has 0 amide bonds. The Hall–Kier alpha value is -0.900. The van der Waals surface area contributed by atoms with E-state index in [0.29, 0.717) is 6.04 Å². The van der Waals surface area contributed by atoms with Crippen molar-refractivity contribution in [3.05, 3.63) is 35.9 Å². The van der Waals surface area contributed by atoms with Crippen molar-refractivity contribution >= 4 is 0 Å². The maximum absolute atomic E-state index is 6.01. The molecule has 1 atom stereocenters. The van der Waals surface area contributed by atoms with Gasteiger partial charge in [-0.15, -0.1) is 0 Å². The van der Waals surface area contributed by atoms with E-state index >= 15 is 0 Å². The number of nitrogens with two attached hydrogens (primary N) is 1. The largest absolute Gasteiger partial charge is 0.327 e. The van der Waals surface area contributed by atoms with E-state index in [1.54, 1.807) is 0 Å². The lowest BCUT2D eigenvalue weighted by Gasteiger charge is -2.35. The number of hydrogen-bond donors (Lipinski definition) is 1. The minimum Gasteiger partial charge on any atom is -0.327 e. The third kappa shape index (κ3) is 4.09. The van der Waals surface area contributed by atoms with Gasteiger partial charge in [0, 0.05) is 45.3 Å². The zero-order chi connectivity index (χ0) is 12.8. The standard InChI is InChI=1S/C15H25N3/c1-2-15(16)13-18-10-8-17(9-11-18)12-14-6-4-3-5-7-14/h3-7,15H,2,8-13,16H2,1H3/t15-/m1/s1. The summed E-state index contributed by atoms with van der Waals surface area (Å²) in [5, 5.41) is 0. The Balaban J connectivity index is 1.73. The third-order valence-electron chi connectivity index (χ3n) is 3.73. The molecule has 2 rings (SSSR count). The molecule has 3 nitrogen and oxygen atoms in total. The fraction of sp³-hybridized carbons (Fsp3) is 0.600. The smallest absolute Gasteiger partial charge is 0.0234 e. The molecule has 1 saturated heterocycles. The summed E-state index contributed by atoms with van der Waals surface area (Å²) in [6.45, 7) is 8.91. The second-order valence-electron chi connectivity index (χ2n) is 5.23. The fourth-order valence-corrected chi connectivity index (χ4v) is 2.43. The summed E-state index contributed by atoms with van der Waals surface area (Å²) in [6, 6.07) is 11.1. The number of rotatable bonds is 5. The predicted molar refractivity (Wildman–Crippen MR) is 76.4 cm³/mol. The second-order valence-corrected chi connectivity index (χ2v) is 5.23. The molecule has 1 heterocycles. The summed E-state index contributed by atoms with van der Waals surface area (Å²) in [5.74, 6) is 0. The maximum Gasteiger partial charge on any atom is 0.0234 e. The lowest BCUT2D eigenvalue weighted by atomic mass is 10.2. The average molecular weight is 247 g/mol. The van der Waals surface area contributed by atoms with E-state index in [2.05, 4.69) is 47.1 Å². The maximum atomic E-state index is 6.01. The molecule has 18 heavy (non-hydrogen) atoms. The molecule has 3 heteroatoms. The molecular formula is C15H25N3. The first-order valence-electron chi connectivity index (χ1n) is 7.02. The van der Waals surface area contributed by atoms with Crippen LogP contribution in [0.15, 0.2) is 30.3 Å². The average Bonchev–Trinajstić information content (AvgIpc) is 2.42. The van der Waals surface area contributed by atoms with E-state index in [1.165, 1.54) is 5.56 Å². The third-order valence-corrected chi connectivity index (χ3v) is 3.73. The highest BCUT2D eigenvalue weighted by atomic mass is 15.3. The van der Waals surface area contributed by atoms with Crippen LogP contribution in [-0.4, -0.2) is 48.6 Å². The van der Waals surface area contributed by atoms with Crippen molar-refractivity contribution in [1.82, 2.24) is 9.80 Å². The summed E-state index contributed by atoms with van der Waals surface area (Å²) in [6.07, 6.45) is 1.07. The second kappa shape index (κ2) is 6.88. The van der Waals surface area contributed by atoms with Crippen LogP contribution in [0.4, 0.5) is 0 Å². The molecule has 0 saturated carbocycles. The van der Waals surface area contributed by atoms with Crippen LogP contribution < -0.4 is 5.73 Å². The van der Waals surface area contributed by atoms with Gasteiger partial charge in [0.1, 0.15) is 0 Å². The number of nitrogens with zero attached hydrogens (tertiary/aromatic N) is 2. The van der Waals surface area contributed by atoms with Crippen LogP contribution in [0.3, 0.4) is 0 Å². The number of benzene rings is 1. The van der Waals surface area contributed by atoms with E-state index in [4.69, 9.17) is 5.73 Å². The Morgan fingerprint density at radius 2 is 1.67 bits per heavy atom. The summed E-state index contributed by atoms with van der Waals surface area (Å²) in [4.78, 5) is 5.03. The van der Waals surface area contributed by atoms with Crippen molar-refractivity contribution < 1.29 is 0 Å². The molecular weight excluding hydrogens is 222 g/mol. The summed E-state index contributed by atoms with van der Waals surface area (Å²) in [7, 11) is 0. The lowest BCUT2D eigenvalue weighted by molar-refractivity contribution is 0.121. The molecule has 1 aromatic rings. The van der Waals surface area contributed by atoms with Crippen LogP contribution in [0.25, 0.3) is 0 Å². The minimum atomic E-state index is 0.339. The van der Waals surface area contributed by atoms with Gasteiger partial charge in [-0.1, -0.05) is 37.3 Å². The van der Waals surface area contributed by atoms with Crippen molar-refractivity contribution in [3.8, 4) is 0 Å². The Morgan fingerprint density at radius 3 is 2.28 bits per heavy atom. The number of hydrogen-bond acceptors (Lipinski definition) is 3. The Bertz CT molecular complexity index is 331. The molecule has 2 N–H and O–H groups in total. The van der Waals surface area contributed by atoms with Crippen molar-refractivity contribution in [3.63, 3.8) is 0 Å². The van der Waals surface area contributed by atoms with Gasteiger partial charge in [-0.25, -0.2) is 0 Å². The molecule has 0 radical (unpaired) electrons. The van der Waals surface area contributed by atoms with Crippen molar-refractivity contribution in [2.24, 2.45) is 5.73 Å². The van der Waals surface area contributed by atoms with Gasteiger partial charge in [-0.05, 0) is 12.0 Å². The van der Waals surface area contributed by atoms with Gasteiger partial charge in [-0.3, -0.25) is 9.80 Å². The van der Waals surface area contributed by atoms with Gasteiger partial charge in [0.25, 0.3) is 0 Å². The zero-order valence-electron chi connectivity index (χ0n) is 11.4. The molecule has 1 aromatic carbocycles. The van der Waals surface area contributed by atoms with Gasteiger partial charge in [-0.2, -0.15) is 0 Å². The van der Waals surface area contributed by atoms with Gasteiger partial charge in [0.05, 0.1) is 0 Å². The first-order valence-corrected chi connectivity index (χ1v) is 7.02. The van der Waals surface area contributed by atoms with Crippen molar-refractivity contribution in [2.75, 3.05) is 32.7 Å². The van der Waals surface area contributed by atoms with Crippen LogP contribution in [-0.2, 0) is 6.54 Å². The van der Waals surface area contributed by atoms with Crippen molar-refractivity contribution in [1.29, 1.82) is 0 Å². The zero-order valence-corrected chi connectivity index (χ0v) is 11.4. The van der Waals surface area contributed by atoms with E-state index < -0.39 is 0 Å². The predicted octanol–water partition coefficient (Wildman–Crippen LogP) is 1.54. The Kier molecular flexibility index (Phi) is 5.17.